The van der Waals surface area contributed by atoms with E-state index in [4.69, 9.17) is 14.4 Å². The van der Waals surface area contributed by atoms with Crippen LogP contribution in [0, 0.1) is 52.7 Å². The summed E-state index contributed by atoms with van der Waals surface area (Å²) >= 11 is -1.88. The van der Waals surface area contributed by atoms with Crippen LogP contribution in [0.25, 0.3) is 55.8 Å². The number of benzene rings is 3. The fourth-order valence-electron chi connectivity index (χ4n) is 6.88. The van der Waals surface area contributed by atoms with Gasteiger partial charge in [-0.05, 0) is 48.9 Å². The first kappa shape index (κ1) is 38.3. The van der Waals surface area contributed by atoms with E-state index in [-0.39, 0.29) is 20.1 Å². The molecular formula is C45H47GeIrN3O-2. The summed E-state index contributed by atoms with van der Waals surface area (Å²) in [7, 11) is 0. The van der Waals surface area contributed by atoms with E-state index < -0.39 is 13.3 Å². The average Bonchev–Trinajstić information content (AvgIpc) is 3.44. The molecule has 0 spiro atoms. The zero-order chi connectivity index (χ0) is 35.7. The van der Waals surface area contributed by atoms with Crippen LogP contribution < -0.4 is 4.40 Å². The van der Waals surface area contributed by atoms with Crippen molar-refractivity contribution in [1.82, 2.24) is 15.0 Å². The van der Waals surface area contributed by atoms with Crippen LogP contribution in [0.15, 0.2) is 89.6 Å². The SMILES string of the molecule is Cc1[c-]c(-c2cc(CC(C)C)[c]([Ge]([CH3])([CH3])[CH3])cn2)cc(C)c1.Cc1cccc(C)c1-c1ccc2c(n1)oc1c(-c3ccccn3)[c-]cc(C)c12.[Ir]. The third kappa shape index (κ3) is 8.44. The summed E-state index contributed by atoms with van der Waals surface area (Å²) in [4.78, 5) is 14.1. The fraction of sp³-hybridized carbons (Fsp3) is 0.267. The van der Waals surface area contributed by atoms with Crippen LogP contribution in [0.3, 0.4) is 0 Å². The van der Waals surface area contributed by atoms with E-state index in [9.17, 15) is 0 Å². The quantitative estimate of drug-likeness (QED) is 0.123. The number of fused-ring (bicyclic) bond motifs is 3. The molecule has 0 aliphatic carbocycles. The largest absolute Gasteiger partial charge is 0.486 e. The zero-order valence-electron chi connectivity index (χ0n) is 31.5. The molecule has 51 heavy (non-hydrogen) atoms. The Balaban J connectivity index is 0.000000200. The first-order valence-corrected chi connectivity index (χ1v) is 24.9. The summed E-state index contributed by atoms with van der Waals surface area (Å²) in [6.07, 6.45) is 5.07. The molecule has 6 heteroatoms. The molecule has 0 aliphatic heterocycles. The van der Waals surface area contributed by atoms with Gasteiger partial charge in [0.05, 0.1) is 11.3 Å². The summed E-state index contributed by atoms with van der Waals surface area (Å²) in [5, 5.41) is 2.10. The maximum atomic E-state index is 6.28. The van der Waals surface area contributed by atoms with E-state index in [1.54, 1.807) is 10.6 Å². The molecule has 1 radical (unpaired) electrons. The molecule has 7 rings (SSSR count). The molecule has 0 aliphatic rings. The Kier molecular flexibility index (Phi) is 11.9. The molecule has 263 valence electrons. The monoisotopic (exact) mass is 912 g/mol. The van der Waals surface area contributed by atoms with Crippen molar-refractivity contribution >= 4 is 39.7 Å². The number of hydrogen-bond donors (Lipinski definition) is 0. The van der Waals surface area contributed by atoms with Gasteiger partial charge in [0.15, 0.2) is 0 Å². The van der Waals surface area contributed by atoms with Crippen LogP contribution in [0.4, 0.5) is 0 Å². The Labute approximate surface area is 319 Å². The number of furan rings is 1. The second-order valence-electron chi connectivity index (χ2n) is 15.0. The minimum Gasteiger partial charge on any atom is -0.486 e. The topological polar surface area (TPSA) is 51.8 Å². The zero-order valence-corrected chi connectivity index (χ0v) is 35.9. The van der Waals surface area contributed by atoms with Crippen LogP contribution >= 0.6 is 0 Å². The maximum Gasteiger partial charge on any atom is 0.216 e. The van der Waals surface area contributed by atoms with E-state index in [1.165, 1.54) is 27.8 Å². The number of aromatic nitrogens is 3. The van der Waals surface area contributed by atoms with Crippen molar-refractivity contribution in [3.63, 3.8) is 0 Å². The summed E-state index contributed by atoms with van der Waals surface area (Å²) < 4.78 is 7.82. The van der Waals surface area contributed by atoms with Gasteiger partial charge < -0.3 is 9.40 Å². The fourth-order valence-corrected chi connectivity index (χ4v) is 10.2. The first-order valence-electron chi connectivity index (χ1n) is 17.5. The number of aryl methyl sites for hydroxylation is 5. The predicted molar refractivity (Wildman–Crippen MR) is 213 cm³/mol. The predicted octanol–water partition coefficient (Wildman–Crippen LogP) is 11.3. The molecule has 4 heterocycles. The van der Waals surface area contributed by atoms with Crippen molar-refractivity contribution in [2.24, 2.45) is 5.92 Å². The van der Waals surface area contributed by atoms with Gasteiger partial charge in [0.2, 0.25) is 5.71 Å². The standard InChI is InChI=1S/C25H19N2O.C20H28GeN.Ir/c1-15-7-6-8-16(2)22(15)21-13-12-19-23-17(3)10-11-18(20-9-4-5-14-26-20)24(23)28-25(19)27-21;1-14(2)8-17-12-20(22-13-19(17)21(5,6)7)18-10-15(3)9-16(4)11-18;/h4-10,12-14H,1-3H3;9-10,12-14H,8H2,1-7H3;/q2*-1;. The van der Waals surface area contributed by atoms with Crippen molar-refractivity contribution in [2.75, 3.05) is 0 Å². The van der Waals surface area contributed by atoms with Gasteiger partial charge in [-0.3, -0.25) is 0 Å². The van der Waals surface area contributed by atoms with E-state index >= 15 is 0 Å². The molecular weight excluding hydrogens is 863 g/mol. The molecule has 4 nitrogen and oxygen atoms in total. The summed E-state index contributed by atoms with van der Waals surface area (Å²) in [6, 6.07) is 31.8. The van der Waals surface area contributed by atoms with Gasteiger partial charge in [0.1, 0.15) is 0 Å². The molecule has 3 aromatic carbocycles. The van der Waals surface area contributed by atoms with Crippen LogP contribution in [-0.4, -0.2) is 28.2 Å². The number of nitrogens with zero attached hydrogens (tertiary/aromatic N) is 3. The minimum absolute atomic E-state index is 0. The molecule has 4 aromatic heterocycles. The Morgan fingerprint density at radius 1 is 0.784 bits per heavy atom. The van der Waals surface area contributed by atoms with Gasteiger partial charge in [0.25, 0.3) is 0 Å². The summed E-state index contributed by atoms with van der Waals surface area (Å²) in [5.74, 6) is 8.01. The van der Waals surface area contributed by atoms with Crippen molar-refractivity contribution in [1.29, 1.82) is 0 Å². The van der Waals surface area contributed by atoms with E-state index in [2.05, 4.69) is 138 Å². The van der Waals surface area contributed by atoms with Crippen LogP contribution in [0.5, 0.6) is 0 Å². The van der Waals surface area contributed by atoms with Crippen molar-refractivity contribution in [2.45, 2.75) is 72.2 Å². The Morgan fingerprint density at radius 2 is 1.53 bits per heavy atom. The van der Waals surface area contributed by atoms with Crippen LogP contribution in [-0.2, 0) is 26.5 Å². The van der Waals surface area contributed by atoms with Gasteiger partial charge in [-0.15, -0.1) is 17.7 Å². The van der Waals surface area contributed by atoms with Crippen molar-refractivity contribution < 1.29 is 24.5 Å². The van der Waals surface area contributed by atoms with Gasteiger partial charge in [-0.1, -0.05) is 48.2 Å². The average molecular weight is 911 g/mol. The Hall–Kier alpha value is -3.90. The van der Waals surface area contributed by atoms with Gasteiger partial charge in [-0.2, -0.15) is 0 Å². The van der Waals surface area contributed by atoms with Gasteiger partial charge >= 0.3 is 138 Å². The summed E-state index contributed by atoms with van der Waals surface area (Å²) in [5.41, 5.74) is 14.9. The second kappa shape index (κ2) is 15.8. The molecule has 7 aromatic rings. The number of rotatable bonds is 6. The second-order valence-corrected chi connectivity index (χ2v) is 25.6. The van der Waals surface area contributed by atoms with Gasteiger partial charge in [0, 0.05) is 37.3 Å². The molecule has 0 unspecified atom stereocenters. The molecule has 0 saturated carbocycles. The van der Waals surface area contributed by atoms with Crippen LogP contribution in [0.2, 0.25) is 17.3 Å². The summed E-state index contributed by atoms with van der Waals surface area (Å²) in [6.45, 7) is 15.1. The van der Waals surface area contributed by atoms with Crippen LogP contribution in [0.1, 0.15) is 47.2 Å². The van der Waals surface area contributed by atoms with Crippen molar-refractivity contribution in [3.05, 3.63) is 131 Å². The molecule has 0 amide bonds. The normalized spacial score (nSPS) is 11.4. The molecule has 0 atom stereocenters. The Morgan fingerprint density at radius 3 is 2.18 bits per heavy atom. The number of hydrogen-bond acceptors (Lipinski definition) is 4. The molecule has 0 bridgehead atoms. The van der Waals surface area contributed by atoms with E-state index in [0.29, 0.717) is 11.6 Å². The third-order valence-electron chi connectivity index (χ3n) is 9.12. The minimum atomic E-state index is -1.88. The van der Waals surface area contributed by atoms with Gasteiger partial charge in [-0.25, -0.2) is 4.98 Å². The molecule has 0 fully saturated rings. The smallest absolute Gasteiger partial charge is 0.216 e. The third-order valence-corrected chi connectivity index (χ3v) is 13.5. The Bertz CT molecular complexity index is 2280. The molecule has 0 N–H and O–H groups in total. The van der Waals surface area contributed by atoms with Crippen molar-refractivity contribution in [3.8, 4) is 33.8 Å². The number of pyridine rings is 3. The maximum absolute atomic E-state index is 6.28. The van der Waals surface area contributed by atoms with E-state index in [0.717, 1.165) is 62.1 Å². The first-order chi connectivity index (χ1) is 23.8. The molecule has 0 saturated heterocycles. The van der Waals surface area contributed by atoms with E-state index in [1.807, 2.05) is 24.3 Å².